The van der Waals surface area contributed by atoms with Crippen LogP contribution in [0.25, 0.3) is 31.4 Å². The Morgan fingerprint density at radius 1 is 1.12 bits per heavy atom. The molecule has 1 fully saturated rings. The Labute approximate surface area is 201 Å². The molecule has 1 saturated heterocycles. The predicted octanol–water partition coefficient (Wildman–Crippen LogP) is 5.89. The van der Waals surface area contributed by atoms with Gasteiger partial charge in [-0.05, 0) is 47.3 Å². The molecular formula is C27H23N5OS. The third kappa shape index (κ3) is 3.93. The number of morpholine rings is 1. The van der Waals surface area contributed by atoms with Crippen LogP contribution in [0.1, 0.15) is 11.1 Å². The fraction of sp³-hybridized carbons (Fsp3) is 0.185. The van der Waals surface area contributed by atoms with Gasteiger partial charge in [0.1, 0.15) is 6.07 Å². The molecule has 0 saturated carbocycles. The minimum atomic E-state index is 0.524. The molecule has 6 nitrogen and oxygen atoms in total. The van der Waals surface area contributed by atoms with E-state index in [9.17, 15) is 5.26 Å². The zero-order valence-electron chi connectivity index (χ0n) is 18.5. The van der Waals surface area contributed by atoms with Gasteiger partial charge in [-0.25, -0.2) is 0 Å². The van der Waals surface area contributed by atoms with E-state index in [1.807, 2.05) is 36.7 Å². The number of nitriles is 1. The minimum Gasteiger partial charge on any atom is -0.379 e. The standard InChI is InChI=1S/C27H23N5OS/c28-14-20-15-29-16-22(27(20)31-24-3-1-2-23-21(24)6-7-30-23)26-13-19-12-18(4-5-25(19)34-26)17-32-8-10-33-11-9-32/h1-7,12-13,15-16,30H,8-11,17H2,(H,29,31). The van der Waals surface area contributed by atoms with Gasteiger partial charge < -0.3 is 15.0 Å². The molecule has 1 aliphatic heterocycles. The van der Waals surface area contributed by atoms with Gasteiger partial charge >= 0.3 is 0 Å². The van der Waals surface area contributed by atoms with Gasteiger partial charge in [0, 0.05) is 70.0 Å². The summed E-state index contributed by atoms with van der Waals surface area (Å²) in [6.07, 6.45) is 5.39. The van der Waals surface area contributed by atoms with Crippen LogP contribution in [0.2, 0.25) is 0 Å². The van der Waals surface area contributed by atoms with Gasteiger partial charge in [0.25, 0.3) is 0 Å². The van der Waals surface area contributed by atoms with Crippen molar-refractivity contribution in [2.75, 3.05) is 31.6 Å². The molecule has 3 aromatic heterocycles. The number of benzene rings is 2. The van der Waals surface area contributed by atoms with Crippen LogP contribution in [0.5, 0.6) is 0 Å². The number of aromatic nitrogens is 2. The zero-order chi connectivity index (χ0) is 22.9. The maximum absolute atomic E-state index is 9.83. The lowest BCUT2D eigenvalue weighted by Gasteiger charge is -2.26. The van der Waals surface area contributed by atoms with Crippen LogP contribution >= 0.6 is 11.3 Å². The summed E-state index contributed by atoms with van der Waals surface area (Å²) in [5.74, 6) is 0. The summed E-state index contributed by atoms with van der Waals surface area (Å²) in [6.45, 7) is 4.49. The van der Waals surface area contributed by atoms with E-state index in [0.29, 0.717) is 5.56 Å². The molecule has 168 valence electrons. The number of hydrogen-bond acceptors (Lipinski definition) is 6. The Morgan fingerprint density at radius 2 is 2.03 bits per heavy atom. The zero-order valence-corrected chi connectivity index (χ0v) is 19.4. The van der Waals surface area contributed by atoms with Gasteiger partial charge in [-0.1, -0.05) is 12.1 Å². The monoisotopic (exact) mass is 465 g/mol. The summed E-state index contributed by atoms with van der Waals surface area (Å²) in [7, 11) is 0. The van der Waals surface area contributed by atoms with Gasteiger partial charge in [0.05, 0.1) is 24.5 Å². The molecular weight excluding hydrogens is 442 g/mol. The maximum atomic E-state index is 9.83. The largest absolute Gasteiger partial charge is 0.379 e. The molecule has 2 N–H and O–H groups in total. The van der Waals surface area contributed by atoms with Crippen LogP contribution in [0.15, 0.2) is 67.1 Å². The van der Waals surface area contributed by atoms with Crippen LogP contribution in [0, 0.1) is 11.3 Å². The van der Waals surface area contributed by atoms with Crippen LogP contribution < -0.4 is 5.32 Å². The van der Waals surface area contributed by atoms with E-state index in [0.717, 1.165) is 65.6 Å². The van der Waals surface area contributed by atoms with Crippen molar-refractivity contribution >= 4 is 43.7 Å². The lowest BCUT2D eigenvalue weighted by atomic mass is 10.1. The lowest BCUT2D eigenvalue weighted by Crippen LogP contribution is -2.35. The SMILES string of the molecule is N#Cc1cncc(-c2cc3cc(CN4CCOCC4)ccc3s2)c1Nc1cccc2[nH]ccc12. The first kappa shape index (κ1) is 20.9. The first-order valence-electron chi connectivity index (χ1n) is 11.3. The number of thiophene rings is 1. The quantitative estimate of drug-likeness (QED) is 0.338. The Morgan fingerprint density at radius 3 is 2.91 bits per heavy atom. The number of H-pyrrole nitrogens is 1. The van der Waals surface area contributed by atoms with Crippen molar-refractivity contribution < 1.29 is 4.74 Å². The molecule has 0 radical (unpaired) electrons. The molecule has 2 aromatic carbocycles. The van der Waals surface area contributed by atoms with E-state index in [-0.39, 0.29) is 0 Å². The van der Waals surface area contributed by atoms with Crippen molar-refractivity contribution in [3.05, 3.63) is 78.2 Å². The highest BCUT2D eigenvalue weighted by Gasteiger charge is 2.16. The van der Waals surface area contributed by atoms with E-state index in [4.69, 9.17) is 4.74 Å². The number of fused-ring (bicyclic) bond motifs is 2. The number of ether oxygens (including phenoxy) is 1. The van der Waals surface area contributed by atoms with Crippen molar-refractivity contribution in [3.8, 4) is 16.5 Å². The Hall–Kier alpha value is -3.70. The molecule has 0 bridgehead atoms. The molecule has 7 heteroatoms. The summed E-state index contributed by atoms with van der Waals surface area (Å²) in [5.41, 5.74) is 5.55. The molecule has 6 rings (SSSR count). The third-order valence-electron chi connectivity index (χ3n) is 6.28. The third-order valence-corrected chi connectivity index (χ3v) is 7.43. The fourth-order valence-corrected chi connectivity index (χ4v) is 5.60. The molecule has 4 heterocycles. The van der Waals surface area contributed by atoms with Crippen LogP contribution in [-0.2, 0) is 11.3 Å². The Balaban J connectivity index is 1.38. The van der Waals surface area contributed by atoms with E-state index < -0.39 is 0 Å². The van der Waals surface area contributed by atoms with Crippen LogP contribution in [-0.4, -0.2) is 41.2 Å². The summed E-state index contributed by atoms with van der Waals surface area (Å²) in [6, 6.07) is 19.3. The molecule has 34 heavy (non-hydrogen) atoms. The number of anilines is 2. The maximum Gasteiger partial charge on any atom is 0.103 e. The Kier molecular flexibility index (Phi) is 5.47. The van der Waals surface area contributed by atoms with Gasteiger partial charge in [-0.2, -0.15) is 5.26 Å². The minimum absolute atomic E-state index is 0.524. The summed E-state index contributed by atoms with van der Waals surface area (Å²) < 4.78 is 6.70. The molecule has 0 unspecified atom stereocenters. The van der Waals surface area contributed by atoms with Crippen LogP contribution in [0.4, 0.5) is 11.4 Å². The topological polar surface area (TPSA) is 77.0 Å². The molecule has 5 aromatic rings. The number of nitrogens with one attached hydrogen (secondary N) is 2. The highest BCUT2D eigenvalue weighted by Crippen LogP contribution is 2.40. The second kappa shape index (κ2) is 8.92. The number of aromatic amines is 1. The van der Waals surface area contributed by atoms with Crippen molar-refractivity contribution in [1.29, 1.82) is 5.26 Å². The predicted molar refractivity (Wildman–Crippen MR) is 137 cm³/mol. The van der Waals surface area contributed by atoms with E-state index in [1.54, 1.807) is 17.5 Å². The van der Waals surface area contributed by atoms with E-state index in [2.05, 4.69) is 50.5 Å². The van der Waals surface area contributed by atoms with Gasteiger partial charge in [0.15, 0.2) is 0 Å². The normalized spacial score (nSPS) is 14.4. The smallest absolute Gasteiger partial charge is 0.103 e. The van der Waals surface area contributed by atoms with Gasteiger partial charge in [0.2, 0.25) is 0 Å². The van der Waals surface area contributed by atoms with Crippen molar-refractivity contribution in [3.63, 3.8) is 0 Å². The van der Waals surface area contributed by atoms with Gasteiger partial charge in [-0.3, -0.25) is 9.88 Å². The van der Waals surface area contributed by atoms with Crippen molar-refractivity contribution in [1.82, 2.24) is 14.9 Å². The first-order chi connectivity index (χ1) is 16.8. The summed E-state index contributed by atoms with van der Waals surface area (Å²) in [4.78, 5) is 11.1. The molecule has 1 aliphatic rings. The van der Waals surface area contributed by atoms with Crippen LogP contribution in [0.3, 0.4) is 0 Å². The Bertz CT molecular complexity index is 1520. The lowest BCUT2D eigenvalue weighted by molar-refractivity contribution is 0.0342. The fourth-order valence-electron chi connectivity index (χ4n) is 4.54. The first-order valence-corrected chi connectivity index (χ1v) is 12.1. The molecule has 0 amide bonds. The van der Waals surface area contributed by atoms with Crippen molar-refractivity contribution in [2.45, 2.75) is 6.54 Å². The second-order valence-corrected chi connectivity index (χ2v) is 9.55. The highest BCUT2D eigenvalue weighted by atomic mass is 32.1. The molecule has 0 aliphatic carbocycles. The second-order valence-electron chi connectivity index (χ2n) is 8.46. The average molecular weight is 466 g/mol. The average Bonchev–Trinajstić information content (AvgIpc) is 3.52. The van der Waals surface area contributed by atoms with E-state index >= 15 is 0 Å². The number of hydrogen-bond donors (Lipinski definition) is 2. The number of nitrogens with zero attached hydrogens (tertiary/aromatic N) is 3. The van der Waals surface area contributed by atoms with Crippen molar-refractivity contribution in [2.24, 2.45) is 0 Å². The highest BCUT2D eigenvalue weighted by molar-refractivity contribution is 7.22. The molecule has 0 atom stereocenters. The number of rotatable bonds is 5. The summed E-state index contributed by atoms with van der Waals surface area (Å²) >= 11 is 1.73. The van der Waals surface area contributed by atoms with Gasteiger partial charge in [-0.15, -0.1) is 11.3 Å². The summed E-state index contributed by atoms with van der Waals surface area (Å²) in [5, 5.41) is 15.7. The molecule has 0 spiro atoms. The number of pyridine rings is 1. The van der Waals surface area contributed by atoms with E-state index in [1.165, 1.54) is 15.6 Å².